The zero-order valence-corrected chi connectivity index (χ0v) is 23.3. The van der Waals surface area contributed by atoms with Crippen molar-refractivity contribution in [1.29, 1.82) is 0 Å². The highest BCUT2D eigenvalue weighted by Crippen LogP contribution is 2.40. The maximum absolute atomic E-state index is 13.5. The second-order valence-corrected chi connectivity index (χ2v) is 11.1. The molecule has 230 valence electrons. The van der Waals surface area contributed by atoms with E-state index in [0.717, 1.165) is 5.56 Å². The van der Waals surface area contributed by atoms with E-state index in [1.54, 1.807) is 4.90 Å². The standard InChI is InChI=1S/C30H34F6N2O4/c1-18(21-14-22(29(31,32)33)16-23(15-21)30(34,35)36)42-26-12-13-38(17-25(26)19-6-4-3-5-7-19)27(39)20-8-10-24(11-9-20)37(2)28(40)41/h3-7,14-16,18,20,24-26H,8-13,17H2,1-2H3,(H,40,41)/t18-,20?,24?,25+,26+/m1/s1. The van der Waals surface area contributed by atoms with Crippen LogP contribution in [0.4, 0.5) is 31.1 Å². The normalized spacial score (nSPS) is 24.2. The van der Waals surface area contributed by atoms with Crippen LogP contribution in [0, 0.1) is 5.92 Å². The first-order valence-electron chi connectivity index (χ1n) is 13.9. The molecule has 42 heavy (non-hydrogen) atoms. The number of piperidine rings is 1. The minimum absolute atomic E-state index is 0.0356. The fourth-order valence-electron chi connectivity index (χ4n) is 5.99. The Morgan fingerprint density at radius 2 is 1.50 bits per heavy atom. The molecule has 1 saturated heterocycles. The molecule has 0 spiro atoms. The average molecular weight is 601 g/mol. The van der Waals surface area contributed by atoms with E-state index < -0.39 is 41.8 Å². The van der Waals surface area contributed by atoms with Gasteiger partial charge in [-0.3, -0.25) is 4.79 Å². The fourth-order valence-corrected chi connectivity index (χ4v) is 5.99. The quantitative estimate of drug-likeness (QED) is 0.352. The predicted molar refractivity (Wildman–Crippen MR) is 142 cm³/mol. The predicted octanol–water partition coefficient (Wildman–Crippen LogP) is 7.36. The third-order valence-corrected chi connectivity index (χ3v) is 8.44. The van der Waals surface area contributed by atoms with Crippen LogP contribution in [0.3, 0.4) is 0 Å². The van der Waals surface area contributed by atoms with Crippen molar-refractivity contribution in [3.63, 3.8) is 0 Å². The molecular weight excluding hydrogens is 566 g/mol. The Bertz CT molecular complexity index is 1210. The smallest absolute Gasteiger partial charge is 0.416 e. The van der Waals surface area contributed by atoms with E-state index in [2.05, 4.69) is 0 Å². The van der Waals surface area contributed by atoms with Gasteiger partial charge in [0.1, 0.15) is 0 Å². The first-order valence-corrected chi connectivity index (χ1v) is 13.9. The molecule has 2 aromatic rings. The van der Waals surface area contributed by atoms with Crippen molar-refractivity contribution in [1.82, 2.24) is 9.80 Å². The molecule has 0 radical (unpaired) electrons. The van der Waals surface area contributed by atoms with Crippen LogP contribution >= 0.6 is 0 Å². The third kappa shape index (κ3) is 7.37. The summed E-state index contributed by atoms with van der Waals surface area (Å²) in [7, 11) is 1.52. The van der Waals surface area contributed by atoms with E-state index in [1.807, 2.05) is 30.3 Å². The molecular formula is C30H34F6N2O4. The van der Waals surface area contributed by atoms with Crippen LogP contribution in [0.2, 0.25) is 0 Å². The molecule has 0 bridgehead atoms. The average Bonchev–Trinajstić information content (AvgIpc) is 2.96. The molecule has 2 amide bonds. The van der Waals surface area contributed by atoms with E-state index in [9.17, 15) is 41.0 Å². The van der Waals surface area contributed by atoms with Gasteiger partial charge in [0.05, 0.1) is 23.3 Å². The minimum atomic E-state index is -4.96. The first-order chi connectivity index (χ1) is 19.6. The lowest BCUT2D eigenvalue weighted by molar-refractivity contribution is -0.143. The molecule has 4 rings (SSSR count). The number of carbonyl (C=O) groups excluding carboxylic acids is 1. The number of benzene rings is 2. The number of alkyl halides is 6. The SMILES string of the molecule is C[C@@H](O[C@H]1CCN(C(=O)C2CCC(N(C)C(=O)O)CC2)C[C@H]1c1ccccc1)c1cc(C(F)(F)F)cc(C(F)(F)F)c1. The van der Waals surface area contributed by atoms with Crippen molar-refractivity contribution >= 4 is 12.0 Å². The molecule has 2 aromatic carbocycles. The van der Waals surface area contributed by atoms with Crippen molar-refractivity contribution in [3.8, 4) is 0 Å². The zero-order chi connectivity index (χ0) is 30.8. The van der Waals surface area contributed by atoms with Gasteiger partial charge in [-0.25, -0.2) is 4.79 Å². The molecule has 6 nitrogen and oxygen atoms in total. The highest BCUT2D eigenvalue weighted by molar-refractivity contribution is 5.79. The van der Waals surface area contributed by atoms with Gasteiger partial charge in [-0.05, 0) is 68.4 Å². The van der Waals surface area contributed by atoms with Crippen LogP contribution < -0.4 is 0 Å². The van der Waals surface area contributed by atoms with E-state index in [4.69, 9.17) is 4.74 Å². The van der Waals surface area contributed by atoms with Gasteiger partial charge in [-0.15, -0.1) is 0 Å². The summed E-state index contributed by atoms with van der Waals surface area (Å²) in [5, 5.41) is 9.25. The van der Waals surface area contributed by atoms with Gasteiger partial charge in [0, 0.05) is 38.0 Å². The van der Waals surface area contributed by atoms with Gasteiger partial charge < -0.3 is 19.6 Å². The number of halogens is 6. The maximum Gasteiger partial charge on any atom is 0.416 e. The van der Waals surface area contributed by atoms with Gasteiger partial charge >= 0.3 is 18.4 Å². The maximum atomic E-state index is 13.5. The monoisotopic (exact) mass is 600 g/mol. The Hall–Kier alpha value is -3.28. The highest BCUT2D eigenvalue weighted by atomic mass is 19.4. The molecule has 2 aliphatic rings. The summed E-state index contributed by atoms with van der Waals surface area (Å²) >= 11 is 0. The van der Waals surface area contributed by atoms with Gasteiger partial charge in [-0.1, -0.05) is 30.3 Å². The summed E-state index contributed by atoms with van der Waals surface area (Å²) in [6.45, 7) is 2.04. The lowest BCUT2D eigenvalue weighted by Gasteiger charge is -2.42. The van der Waals surface area contributed by atoms with Crippen molar-refractivity contribution in [2.45, 2.75) is 75.5 Å². The van der Waals surface area contributed by atoms with Gasteiger partial charge in [0.25, 0.3) is 0 Å². The minimum Gasteiger partial charge on any atom is -0.465 e. The summed E-state index contributed by atoms with van der Waals surface area (Å²) in [6, 6.07) is 10.5. The molecule has 1 N–H and O–H groups in total. The van der Waals surface area contributed by atoms with Crippen LogP contribution in [-0.2, 0) is 21.9 Å². The molecule has 1 heterocycles. The fraction of sp³-hybridized carbons (Fsp3) is 0.533. The van der Waals surface area contributed by atoms with Crippen molar-refractivity contribution in [2.24, 2.45) is 5.92 Å². The van der Waals surface area contributed by atoms with Gasteiger partial charge in [0.2, 0.25) is 5.91 Å². The van der Waals surface area contributed by atoms with E-state index in [0.29, 0.717) is 50.8 Å². The molecule has 1 aliphatic heterocycles. The number of hydrogen-bond acceptors (Lipinski definition) is 3. The molecule has 2 fully saturated rings. The first kappa shape index (κ1) is 31.7. The Kier molecular flexibility index (Phi) is 9.44. The van der Waals surface area contributed by atoms with Crippen LogP contribution in [0.5, 0.6) is 0 Å². The number of ether oxygens (including phenoxy) is 1. The summed E-state index contributed by atoms with van der Waals surface area (Å²) < 4.78 is 86.8. The van der Waals surface area contributed by atoms with Crippen LogP contribution in [0.1, 0.15) is 73.3 Å². The molecule has 0 aromatic heterocycles. The third-order valence-electron chi connectivity index (χ3n) is 8.44. The van der Waals surface area contributed by atoms with Crippen LogP contribution in [0.25, 0.3) is 0 Å². The topological polar surface area (TPSA) is 70.1 Å². The Balaban J connectivity index is 1.51. The highest BCUT2D eigenvalue weighted by Gasteiger charge is 2.40. The van der Waals surface area contributed by atoms with E-state index in [-0.39, 0.29) is 42.0 Å². The number of amides is 2. The summed E-state index contributed by atoms with van der Waals surface area (Å²) in [6.07, 6.45) is -9.95. The molecule has 1 saturated carbocycles. The summed E-state index contributed by atoms with van der Waals surface area (Å²) in [5.74, 6) is -0.637. The molecule has 1 aliphatic carbocycles. The zero-order valence-electron chi connectivity index (χ0n) is 23.3. The van der Waals surface area contributed by atoms with E-state index >= 15 is 0 Å². The summed E-state index contributed by atoms with van der Waals surface area (Å²) in [5.41, 5.74) is -2.18. The number of carboxylic acid groups (broad SMARTS) is 1. The summed E-state index contributed by atoms with van der Waals surface area (Å²) in [4.78, 5) is 27.8. The molecule has 3 atom stereocenters. The number of hydrogen-bond donors (Lipinski definition) is 1. The number of carbonyl (C=O) groups is 2. The number of nitrogens with zero attached hydrogens (tertiary/aromatic N) is 2. The van der Waals surface area contributed by atoms with Gasteiger partial charge in [-0.2, -0.15) is 26.3 Å². The lowest BCUT2D eigenvalue weighted by Crippen LogP contribution is -2.49. The van der Waals surface area contributed by atoms with Crippen molar-refractivity contribution in [2.75, 3.05) is 20.1 Å². The molecule has 0 unspecified atom stereocenters. The Morgan fingerprint density at radius 1 is 0.929 bits per heavy atom. The van der Waals surface area contributed by atoms with E-state index in [1.165, 1.54) is 18.9 Å². The Labute approximate surface area is 240 Å². The second kappa shape index (κ2) is 12.5. The van der Waals surface area contributed by atoms with Crippen molar-refractivity contribution in [3.05, 3.63) is 70.8 Å². The Morgan fingerprint density at radius 3 is 2.02 bits per heavy atom. The number of rotatable bonds is 6. The lowest BCUT2D eigenvalue weighted by atomic mass is 9.83. The second-order valence-electron chi connectivity index (χ2n) is 11.1. The van der Waals surface area contributed by atoms with Gasteiger partial charge in [0.15, 0.2) is 0 Å². The largest absolute Gasteiger partial charge is 0.465 e. The van der Waals surface area contributed by atoms with Crippen molar-refractivity contribution < 1.29 is 45.8 Å². The molecule has 12 heteroatoms. The van der Waals surface area contributed by atoms with Crippen LogP contribution in [0.15, 0.2) is 48.5 Å². The number of likely N-dealkylation sites (tertiary alicyclic amines) is 1. The van der Waals surface area contributed by atoms with Crippen LogP contribution in [-0.4, -0.2) is 59.2 Å².